The number of benzene rings is 1. The molecule has 0 bridgehead atoms. The van der Waals surface area contributed by atoms with Crippen LogP contribution in [0.2, 0.25) is 0 Å². The first-order chi connectivity index (χ1) is 11.0. The SMILES string of the molecule is COc1ccc(C)c(C[n+]2nc(C3CC3)c(C)cc2SC)c1C. The minimum absolute atomic E-state index is 0.671. The van der Waals surface area contributed by atoms with Crippen LogP contribution in [0.25, 0.3) is 0 Å². The van der Waals surface area contributed by atoms with Gasteiger partial charge in [0.25, 0.3) is 5.03 Å². The number of hydrogen-bond donors (Lipinski definition) is 0. The first-order valence-corrected chi connectivity index (χ1v) is 9.36. The van der Waals surface area contributed by atoms with Crippen molar-refractivity contribution < 1.29 is 9.42 Å². The van der Waals surface area contributed by atoms with Crippen LogP contribution in [0.1, 0.15) is 46.7 Å². The summed E-state index contributed by atoms with van der Waals surface area (Å²) >= 11 is 1.76. The molecule has 0 aliphatic heterocycles. The Labute approximate surface area is 143 Å². The lowest BCUT2D eigenvalue weighted by Gasteiger charge is -2.12. The number of aromatic nitrogens is 2. The minimum Gasteiger partial charge on any atom is -0.496 e. The van der Waals surface area contributed by atoms with Gasteiger partial charge in [0.2, 0.25) is 6.54 Å². The topological polar surface area (TPSA) is 26.0 Å². The highest BCUT2D eigenvalue weighted by Crippen LogP contribution is 2.40. The molecule has 1 fully saturated rings. The molecule has 3 rings (SSSR count). The minimum atomic E-state index is 0.671. The fourth-order valence-corrected chi connectivity index (χ4v) is 3.73. The molecule has 122 valence electrons. The number of aryl methyl sites for hydroxylation is 2. The van der Waals surface area contributed by atoms with E-state index in [9.17, 15) is 0 Å². The van der Waals surface area contributed by atoms with Crippen molar-refractivity contribution in [3.63, 3.8) is 0 Å². The predicted octanol–water partition coefficient (Wildman–Crippen LogP) is 3.95. The second kappa shape index (κ2) is 6.52. The van der Waals surface area contributed by atoms with Crippen molar-refractivity contribution in [2.45, 2.75) is 51.1 Å². The molecule has 1 aliphatic rings. The maximum atomic E-state index is 5.49. The molecular formula is C19H25N2OS+. The normalized spacial score (nSPS) is 14.1. The Balaban J connectivity index is 2.04. The Morgan fingerprint density at radius 3 is 2.57 bits per heavy atom. The average Bonchev–Trinajstić information content (AvgIpc) is 3.37. The van der Waals surface area contributed by atoms with Gasteiger partial charge in [-0.25, -0.2) is 0 Å². The Morgan fingerprint density at radius 2 is 1.96 bits per heavy atom. The van der Waals surface area contributed by atoms with Gasteiger partial charge in [-0.05, 0) is 62.2 Å². The quantitative estimate of drug-likeness (QED) is 0.614. The summed E-state index contributed by atoms with van der Waals surface area (Å²) in [6, 6.07) is 6.47. The molecule has 0 unspecified atom stereocenters. The summed E-state index contributed by atoms with van der Waals surface area (Å²) < 4.78 is 7.66. The maximum absolute atomic E-state index is 5.49. The third-order valence-corrected chi connectivity index (χ3v) is 5.46. The summed E-state index contributed by atoms with van der Waals surface area (Å²) in [5.41, 5.74) is 6.41. The fourth-order valence-electron chi connectivity index (χ4n) is 3.11. The van der Waals surface area contributed by atoms with E-state index in [1.807, 2.05) is 6.07 Å². The molecule has 0 radical (unpaired) electrons. The smallest absolute Gasteiger partial charge is 0.266 e. The van der Waals surface area contributed by atoms with Gasteiger partial charge in [0.15, 0.2) is 0 Å². The Bertz CT molecular complexity index is 739. The lowest BCUT2D eigenvalue weighted by Crippen LogP contribution is -2.42. The Hall–Kier alpha value is -1.55. The molecule has 23 heavy (non-hydrogen) atoms. The molecule has 4 heteroatoms. The van der Waals surface area contributed by atoms with E-state index < -0.39 is 0 Å². The van der Waals surface area contributed by atoms with Gasteiger partial charge in [-0.15, -0.1) is 0 Å². The first kappa shape index (κ1) is 16.3. The summed E-state index contributed by atoms with van der Waals surface area (Å²) in [4.78, 5) is 0. The molecule has 1 aromatic carbocycles. The van der Waals surface area contributed by atoms with E-state index in [1.165, 1.54) is 45.8 Å². The molecule has 0 atom stereocenters. The maximum Gasteiger partial charge on any atom is 0.266 e. The van der Waals surface area contributed by atoms with Gasteiger partial charge in [0.1, 0.15) is 11.4 Å². The van der Waals surface area contributed by atoms with E-state index in [2.05, 4.69) is 43.8 Å². The van der Waals surface area contributed by atoms with Gasteiger partial charge in [-0.1, -0.05) is 22.5 Å². The van der Waals surface area contributed by atoms with Crippen LogP contribution >= 0.6 is 11.8 Å². The van der Waals surface area contributed by atoms with E-state index >= 15 is 0 Å². The van der Waals surface area contributed by atoms with Crippen molar-refractivity contribution in [3.05, 3.63) is 46.1 Å². The molecule has 3 nitrogen and oxygen atoms in total. The molecule has 1 saturated carbocycles. The highest BCUT2D eigenvalue weighted by Gasteiger charge is 2.31. The third-order valence-electron chi connectivity index (χ3n) is 4.71. The van der Waals surface area contributed by atoms with Gasteiger partial charge in [-0.3, -0.25) is 0 Å². The second-order valence-corrected chi connectivity index (χ2v) is 7.20. The standard InChI is InChI=1S/C19H25N2OS/c1-12-6-9-17(22-4)14(3)16(12)11-21-18(23-5)10-13(2)19(20-21)15-7-8-15/h6,9-10,15H,7-8,11H2,1-5H3/q+1. The number of ether oxygens (including phenoxy) is 1. The number of hydrogen-bond acceptors (Lipinski definition) is 3. The molecule has 0 amide bonds. The van der Waals surface area contributed by atoms with Crippen molar-refractivity contribution in [2.24, 2.45) is 0 Å². The van der Waals surface area contributed by atoms with E-state index in [-0.39, 0.29) is 0 Å². The van der Waals surface area contributed by atoms with Crippen molar-refractivity contribution in [3.8, 4) is 5.75 Å². The van der Waals surface area contributed by atoms with Crippen molar-refractivity contribution in [1.82, 2.24) is 5.10 Å². The van der Waals surface area contributed by atoms with Gasteiger partial charge in [0.05, 0.1) is 7.11 Å². The van der Waals surface area contributed by atoms with Gasteiger partial charge < -0.3 is 4.74 Å². The van der Waals surface area contributed by atoms with Crippen LogP contribution in [-0.2, 0) is 6.54 Å². The summed E-state index contributed by atoms with van der Waals surface area (Å²) in [6.45, 7) is 7.28. The van der Waals surface area contributed by atoms with Crippen LogP contribution in [-0.4, -0.2) is 18.5 Å². The monoisotopic (exact) mass is 329 g/mol. The lowest BCUT2D eigenvalue weighted by molar-refractivity contribution is -0.781. The second-order valence-electron chi connectivity index (χ2n) is 6.38. The molecule has 0 spiro atoms. The number of nitrogens with zero attached hydrogens (tertiary/aromatic N) is 2. The van der Waals surface area contributed by atoms with Crippen molar-refractivity contribution in [1.29, 1.82) is 0 Å². The lowest BCUT2D eigenvalue weighted by atomic mass is 10.0. The van der Waals surface area contributed by atoms with Crippen LogP contribution in [0.15, 0.2) is 23.2 Å². The molecule has 2 aromatic rings. The highest BCUT2D eigenvalue weighted by atomic mass is 32.2. The van der Waals surface area contributed by atoms with E-state index in [0.717, 1.165) is 12.3 Å². The molecule has 1 aromatic heterocycles. The zero-order valence-corrected chi connectivity index (χ0v) is 15.5. The zero-order valence-electron chi connectivity index (χ0n) is 14.6. The van der Waals surface area contributed by atoms with Crippen LogP contribution in [0, 0.1) is 20.8 Å². The first-order valence-electron chi connectivity index (χ1n) is 8.13. The summed E-state index contributed by atoms with van der Waals surface area (Å²) in [5, 5.41) is 6.21. The van der Waals surface area contributed by atoms with Gasteiger partial charge >= 0.3 is 0 Å². The van der Waals surface area contributed by atoms with Crippen LogP contribution < -0.4 is 9.42 Å². The van der Waals surface area contributed by atoms with Crippen LogP contribution in [0.5, 0.6) is 5.75 Å². The van der Waals surface area contributed by atoms with Gasteiger partial charge in [-0.2, -0.15) is 0 Å². The Kier molecular flexibility index (Phi) is 4.62. The third kappa shape index (κ3) is 3.23. The van der Waals surface area contributed by atoms with Crippen LogP contribution in [0.3, 0.4) is 0 Å². The summed E-state index contributed by atoms with van der Waals surface area (Å²) in [6.07, 6.45) is 4.68. The van der Waals surface area contributed by atoms with Gasteiger partial charge in [0, 0.05) is 23.1 Å². The fraction of sp³-hybridized carbons (Fsp3) is 0.474. The highest BCUT2D eigenvalue weighted by molar-refractivity contribution is 7.98. The Morgan fingerprint density at radius 1 is 1.22 bits per heavy atom. The summed E-state index contributed by atoms with van der Waals surface area (Å²) in [7, 11) is 1.73. The summed E-state index contributed by atoms with van der Waals surface area (Å²) in [5.74, 6) is 1.62. The molecular weight excluding hydrogens is 304 g/mol. The molecule has 0 saturated heterocycles. The molecule has 1 aliphatic carbocycles. The zero-order chi connectivity index (χ0) is 16.6. The van der Waals surface area contributed by atoms with Crippen molar-refractivity contribution in [2.75, 3.05) is 13.4 Å². The number of rotatable bonds is 5. The molecule has 0 N–H and O–H groups in total. The van der Waals surface area contributed by atoms with E-state index in [1.54, 1.807) is 18.9 Å². The van der Waals surface area contributed by atoms with E-state index in [0.29, 0.717) is 5.92 Å². The number of thioether (sulfide) groups is 1. The largest absolute Gasteiger partial charge is 0.496 e. The number of methoxy groups -OCH3 is 1. The average molecular weight is 329 g/mol. The van der Waals surface area contributed by atoms with Crippen LogP contribution in [0.4, 0.5) is 0 Å². The van der Waals surface area contributed by atoms with E-state index in [4.69, 9.17) is 9.84 Å². The molecule has 1 heterocycles. The van der Waals surface area contributed by atoms with Crippen molar-refractivity contribution >= 4 is 11.8 Å². The predicted molar refractivity (Wildman–Crippen MR) is 94.5 cm³/mol.